The Morgan fingerprint density at radius 3 is 1.20 bits per heavy atom. The van der Waals surface area contributed by atoms with Crippen LogP contribution in [0.1, 0.15) is 258 Å². The summed E-state index contributed by atoms with van der Waals surface area (Å²) in [6.45, 7) is 3.86. The summed E-state index contributed by atoms with van der Waals surface area (Å²) in [6, 6.07) is -0.711. The summed E-state index contributed by atoms with van der Waals surface area (Å²) in [7, 11) is 0. The van der Waals surface area contributed by atoms with E-state index in [9.17, 15) is 30.3 Å². The number of carbonyl (C=O) groups excluding carboxylic acids is 1. The predicted molar refractivity (Wildman–Crippen MR) is 244 cm³/mol. The molecule has 0 aromatic carbocycles. The van der Waals surface area contributed by atoms with E-state index in [0.717, 1.165) is 38.5 Å². The summed E-state index contributed by atoms with van der Waals surface area (Å²) in [4.78, 5) is 13.0. The smallest absolute Gasteiger partial charge is 0.220 e. The van der Waals surface area contributed by atoms with Crippen LogP contribution >= 0.6 is 0 Å². The third kappa shape index (κ3) is 31.6. The van der Waals surface area contributed by atoms with Crippen LogP contribution in [0.5, 0.6) is 0 Å². The molecule has 0 radical (unpaired) electrons. The maximum atomic E-state index is 13.0. The third-order valence-corrected chi connectivity index (χ3v) is 12.7. The van der Waals surface area contributed by atoms with Gasteiger partial charge in [0.05, 0.1) is 25.4 Å². The van der Waals surface area contributed by atoms with Gasteiger partial charge >= 0.3 is 0 Å². The Bertz CT molecular complexity index is 893. The predicted octanol–water partition coefficient (Wildman–Crippen LogP) is 11.5. The van der Waals surface area contributed by atoms with Crippen molar-refractivity contribution in [1.82, 2.24) is 5.32 Å². The first kappa shape index (κ1) is 56.2. The molecule has 9 heteroatoms. The van der Waals surface area contributed by atoms with Gasteiger partial charge in [-0.15, -0.1) is 0 Å². The van der Waals surface area contributed by atoms with Crippen molar-refractivity contribution in [2.75, 3.05) is 13.2 Å². The number of nitrogens with one attached hydrogen (secondary N) is 1. The van der Waals surface area contributed by atoms with E-state index in [1.54, 1.807) is 0 Å². The van der Waals surface area contributed by atoms with Crippen molar-refractivity contribution >= 4 is 5.91 Å². The zero-order valence-electron chi connectivity index (χ0n) is 38.8. The van der Waals surface area contributed by atoms with Gasteiger partial charge in [-0.1, -0.05) is 239 Å². The summed E-state index contributed by atoms with van der Waals surface area (Å²) in [5.41, 5.74) is 0. The van der Waals surface area contributed by atoms with Crippen LogP contribution in [0.4, 0.5) is 0 Å². The quantitative estimate of drug-likeness (QED) is 0.0332. The molecule has 0 aliphatic carbocycles. The molecule has 352 valence electrons. The molecule has 6 N–H and O–H groups in total. The van der Waals surface area contributed by atoms with E-state index in [2.05, 4.69) is 19.2 Å². The van der Waals surface area contributed by atoms with Gasteiger partial charge in [0, 0.05) is 6.42 Å². The Hall–Kier alpha value is -0.810. The molecule has 0 spiro atoms. The molecular weight excluding hydrogens is 743 g/mol. The monoisotopic (exact) mass is 842 g/mol. The summed E-state index contributed by atoms with van der Waals surface area (Å²) >= 11 is 0. The zero-order valence-corrected chi connectivity index (χ0v) is 38.8. The zero-order chi connectivity index (χ0) is 43.0. The van der Waals surface area contributed by atoms with Gasteiger partial charge < -0.3 is 40.3 Å². The molecule has 1 fully saturated rings. The van der Waals surface area contributed by atoms with E-state index in [0.29, 0.717) is 12.8 Å². The number of ether oxygens (including phenoxy) is 2. The third-order valence-electron chi connectivity index (χ3n) is 12.7. The van der Waals surface area contributed by atoms with Gasteiger partial charge in [-0.25, -0.2) is 0 Å². The van der Waals surface area contributed by atoms with Crippen LogP contribution in [0.25, 0.3) is 0 Å². The second-order valence-corrected chi connectivity index (χ2v) is 18.3. The summed E-state index contributed by atoms with van der Waals surface area (Å²) in [5, 5.41) is 54.4. The molecule has 1 aliphatic rings. The fraction of sp³-hybridized carbons (Fsp3) is 0.980. The van der Waals surface area contributed by atoms with Crippen molar-refractivity contribution in [1.29, 1.82) is 0 Å². The van der Waals surface area contributed by atoms with Crippen molar-refractivity contribution in [2.45, 2.75) is 301 Å². The van der Waals surface area contributed by atoms with Gasteiger partial charge in [-0.05, 0) is 12.8 Å². The Morgan fingerprint density at radius 2 is 0.847 bits per heavy atom. The molecule has 1 saturated heterocycles. The number of carbonyl (C=O) groups is 1. The van der Waals surface area contributed by atoms with Crippen molar-refractivity contribution < 1.29 is 39.8 Å². The highest BCUT2D eigenvalue weighted by Crippen LogP contribution is 2.23. The first-order valence-corrected chi connectivity index (χ1v) is 25.7. The molecule has 2 unspecified atom stereocenters. The van der Waals surface area contributed by atoms with Gasteiger partial charge in [-0.3, -0.25) is 4.79 Å². The molecule has 1 rings (SSSR count). The molecule has 7 atom stereocenters. The molecule has 1 heterocycles. The fourth-order valence-corrected chi connectivity index (χ4v) is 8.58. The van der Waals surface area contributed by atoms with Gasteiger partial charge in [-0.2, -0.15) is 0 Å². The average molecular weight is 842 g/mol. The van der Waals surface area contributed by atoms with E-state index in [1.165, 1.54) is 193 Å². The molecule has 0 bridgehead atoms. The van der Waals surface area contributed by atoms with Crippen molar-refractivity contribution in [3.8, 4) is 0 Å². The highest BCUT2D eigenvalue weighted by Gasteiger charge is 2.44. The lowest BCUT2D eigenvalue weighted by molar-refractivity contribution is -0.302. The second-order valence-electron chi connectivity index (χ2n) is 18.3. The van der Waals surface area contributed by atoms with E-state index in [4.69, 9.17) is 9.47 Å². The molecule has 0 aromatic heterocycles. The lowest BCUT2D eigenvalue weighted by Gasteiger charge is -2.40. The highest BCUT2D eigenvalue weighted by atomic mass is 16.7. The minimum Gasteiger partial charge on any atom is -0.394 e. The number of amides is 1. The Balaban J connectivity index is 2.19. The van der Waals surface area contributed by atoms with Gasteiger partial charge in [0.15, 0.2) is 6.29 Å². The Morgan fingerprint density at radius 1 is 0.508 bits per heavy atom. The molecule has 59 heavy (non-hydrogen) atoms. The Labute approximate surface area is 364 Å². The van der Waals surface area contributed by atoms with Gasteiger partial charge in [0.1, 0.15) is 24.4 Å². The van der Waals surface area contributed by atoms with Crippen LogP contribution in [0.2, 0.25) is 0 Å². The van der Waals surface area contributed by atoms with Gasteiger partial charge in [0.2, 0.25) is 5.91 Å². The van der Waals surface area contributed by atoms with E-state index in [-0.39, 0.29) is 12.5 Å². The summed E-state index contributed by atoms with van der Waals surface area (Å²) < 4.78 is 11.3. The normalized spacial score (nSPS) is 20.6. The molecule has 1 aliphatic heterocycles. The molecule has 0 aromatic rings. The molecule has 1 amide bonds. The van der Waals surface area contributed by atoms with E-state index < -0.39 is 49.5 Å². The van der Waals surface area contributed by atoms with Gasteiger partial charge in [0.25, 0.3) is 0 Å². The second kappa shape index (κ2) is 41.2. The number of rotatable bonds is 44. The van der Waals surface area contributed by atoms with Crippen molar-refractivity contribution in [3.63, 3.8) is 0 Å². The topological polar surface area (TPSA) is 149 Å². The van der Waals surface area contributed by atoms with E-state index in [1.807, 2.05) is 0 Å². The van der Waals surface area contributed by atoms with Crippen LogP contribution in [-0.4, -0.2) is 87.5 Å². The number of hydrogen-bond donors (Lipinski definition) is 6. The Kier molecular flexibility index (Phi) is 39.3. The molecule has 9 nitrogen and oxygen atoms in total. The van der Waals surface area contributed by atoms with Crippen LogP contribution in [0.15, 0.2) is 0 Å². The van der Waals surface area contributed by atoms with Crippen LogP contribution < -0.4 is 5.32 Å². The standard InChI is InChI=1S/C50H99NO8/c1-3-5-7-9-11-13-15-17-18-19-20-21-22-23-24-25-26-27-28-30-32-34-36-38-40-46(54)51-43(42-58-50-49(57)48(56)47(55)45(41-52)59-50)44(53)39-37-35-33-31-29-16-14-12-10-8-6-4-2/h43-45,47-50,52-53,55-57H,3-42H2,1-2H3,(H,51,54)/t43-,44+,45+,47-,48?,49?,50+/m0/s1. The highest BCUT2D eigenvalue weighted by molar-refractivity contribution is 5.76. The number of hydrogen-bond acceptors (Lipinski definition) is 8. The fourth-order valence-electron chi connectivity index (χ4n) is 8.58. The average Bonchev–Trinajstić information content (AvgIpc) is 3.23. The first-order valence-electron chi connectivity index (χ1n) is 25.7. The molecular formula is C50H99NO8. The maximum Gasteiger partial charge on any atom is 0.220 e. The van der Waals surface area contributed by atoms with E-state index >= 15 is 0 Å². The summed E-state index contributed by atoms with van der Waals surface area (Å²) in [6.07, 6.45) is 39.8. The number of aliphatic hydroxyl groups is 5. The molecule has 0 saturated carbocycles. The van der Waals surface area contributed by atoms with Crippen molar-refractivity contribution in [3.05, 3.63) is 0 Å². The van der Waals surface area contributed by atoms with Crippen LogP contribution in [0.3, 0.4) is 0 Å². The minimum absolute atomic E-state index is 0.132. The maximum absolute atomic E-state index is 13.0. The van der Waals surface area contributed by atoms with Crippen LogP contribution in [-0.2, 0) is 14.3 Å². The van der Waals surface area contributed by atoms with Crippen LogP contribution in [0, 0.1) is 0 Å². The lowest BCUT2D eigenvalue weighted by Crippen LogP contribution is -2.60. The number of aliphatic hydroxyl groups excluding tert-OH is 5. The number of unbranched alkanes of at least 4 members (excludes halogenated alkanes) is 34. The lowest BCUT2D eigenvalue weighted by atomic mass is 9.99. The largest absolute Gasteiger partial charge is 0.394 e. The minimum atomic E-state index is -1.55. The van der Waals surface area contributed by atoms with Crippen molar-refractivity contribution in [2.24, 2.45) is 0 Å². The first-order chi connectivity index (χ1) is 28.8. The SMILES string of the molecule is CCCCCCCCCCCCCCCCCCCCCCCCCCC(=O)N[C@@H](CO[C@@H]1O[C@H](CO)[C@H](O)C(O)C1O)[C@H](O)CCCCCCCCCCCCCC. The summed E-state index contributed by atoms with van der Waals surface area (Å²) in [5.74, 6) is -0.139.